The van der Waals surface area contributed by atoms with Crippen LogP contribution < -0.4 is 15.2 Å². The number of hydrogen-bond donors (Lipinski definition) is 4. The first-order chi connectivity index (χ1) is 11.8. The molecular formula is C17H24NO6P. The van der Waals surface area contributed by atoms with Gasteiger partial charge >= 0.3 is 7.82 Å². The molecule has 8 heteroatoms. The molecule has 0 amide bonds. The fourth-order valence-electron chi connectivity index (χ4n) is 2.09. The molecule has 0 saturated carbocycles. The molecule has 25 heavy (non-hydrogen) atoms. The fourth-order valence-corrected chi connectivity index (χ4v) is 2.09. The molecule has 2 rings (SSSR count). The van der Waals surface area contributed by atoms with E-state index in [9.17, 15) is 0 Å². The summed E-state index contributed by atoms with van der Waals surface area (Å²) in [6, 6.07) is 17.9. The van der Waals surface area contributed by atoms with E-state index >= 15 is 0 Å². The van der Waals surface area contributed by atoms with Gasteiger partial charge in [-0.15, -0.1) is 0 Å². The Bertz CT molecular complexity index is 653. The standard InChI is InChI=1S/C17H21NO2.H3O4P/c1-2-19-16-10-6-7-11-17(16)20-15(12-13-18)14-8-4-3-5-9-14;1-5(2,3)4/h3-11,15H,2,12-13,18H2,1H3;(H3,1,2,3,4). The van der Waals surface area contributed by atoms with Crippen LogP contribution in [0.15, 0.2) is 54.6 Å². The first-order valence-corrected chi connectivity index (χ1v) is 9.33. The SMILES string of the molecule is CCOc1ccccc1OC(CCN)c1ccccc1.O=P(O)(O)O. The largest absolute Gasteiger partial charge is 0.490 e. The van der Waals surface area contributed by atoms with Crippen LogP contribution in [0.4, 0.5) is 0 Å². The lowest BCUT2D eigenvalue weighted by Gasteiger charge is -2.20. The molecule has 5 N–H and O–H groups in total. The minimum absolute atomic E-state index is 0.0530. The fraction of sp³-hybridized carbons (Fsp3) is 0.294. The number of hydrogen-bond acceptors (Lipinski definition) is 4. The Morgan fingerprint density at radius 2 is 1.52 bits per heavy atom. The van der Waals surface area contributed by atoms with Gasteiger partial charge in [-0.1, -0.05) is 42.5 Å². The molecule has 2 aromatic carbocycles. The van der Waals surface area contributed by atoms with E-state index in [4.69, 9.17) is 34.5 Å². The van der Waals surface area contributed by atoms with Crippen LogP contribution in [-0.4, -0.2) is 27.8 Å². The molecule has 0 aromatic heterocycles. The van der Waals surface area contributed by atoms with Crippen LogP contribution in [0, 0.1) is 0 Å². The predicted octanol–water partition coefficient (Wildman–Crippen LogP) is 2.63. The lowest BCUT2D eigenvalue weighted by atomic mass is 10.1. The van der Waals surface area contributed by atoms with E-state index in [-0.39, 0.29) is 6.10 Å². The molecule has 0 spiro atoms. The van der Waals surface area contributed by atoms with E-state index in [0.717, 1.165) is 23.5 Å². The van der Waals surface area contributed by atoms with E-state index in [0.29, 0.717) is 13.2 Å². The number of benzene rings is 2. The molecule has 138 valence electrons. The maximum atomic E-state index is 8.88. The summed E-state index contributed by atoms with van der Waals surface area (Å²) >= 11 is 0. The van der Waals surface area contributed by atoms with Crippen molar-refractivity contribution < 1.29 is 28.7 Å². The summed E-state index contributed by atoms with van der Waals surface area (Å²) in [5.74, 6) is 1.53. The third-order valence-electron chi connectivity index (χ3n) is 3.02. The molecule has 0 saturated heterocycles. The molecule has 0 aliphatic rings. The Kier molecular flexibility index (Phi) is 9.20. The van der Waals surface area contributed by atoms with Gasteiger partial charge in [-0.25, -0.2) is 4.57 Å². The molecule has 7 nitrogen and oxygen atoms in total. The van der Waals surface area contributed by atoms with E-state index in [1.165, 1.54) is 0 Å². The number of rotatable bonds is 7. The maximum absolute atomic E-state index is 8.88. The quantitative estimate of drug-likeness (QED) is 0.553. The Labute approximate surface area is 147 Å². The molecule has 1 unspecified atom stereocenters. The molecule has 0 aliphatic heterocycles. The van der Waals surface area contributed by atoms with Crippen LogP contribution in [0.3, 0.4) is 0 Å². The van der Waals surface area contributed by atoms with E-state index < -0.39 is 7.82 Å². The first-order valence-electron chi connectivity index (χ1n) is 7.77. The van der Waals surface area contributed by atoms with Crippen LogP contribution in [0.25, 0.3) is 0 Å². The molecule has 0 bridgehead atoms. The van der Waals surface area contributed by atoms with Crippen molar-refractivity contribution in [2.24, 2.45) is 5.73 Å². The minimum Gasteiger partial charge on any atom is -0.490 e. The Morgan fingerprint density at radius 1 is 1.00 bits per heavy atom. The second-order valence-electron chi connectivity index (χ2n) is 4.99. The van der Waals surface area contributed by atoms with Crippen molar-refractivity contribution in [2.75, 3.05) is 13.2 Å². The van der Waals surface area contributed by atoms with Gasteiger partial charge in [0.25, 0.3) is 0 Å². The summed E-state index contributed by atoms with van der Waals surface area (Å²) in [7, 11) is -4.64. The minimum atomic E-state index is -4.64. The first kappa shape index (κ1) is 21.2. The Balaban J connectivity index is 0.000000550. The Morgan fingerprint density at radius 3 is 2.04 bits per heavy atom. The van der Waals surface area contributed by atoms with Gasteiger partial charge in [0.15, 0.2) is 11.5 Å². The molecule has 0 radical (unpaired) electrons. The monoisotopic (exact) mass is 369 g/mol. The van der Waals surface area contributed by atoms with E-state index in [1.54, 1.807) is 0 Å². The summed E-state index contributed by atoms with van der Waals surface area (Å²) in [5.41, 5.74) is 6.83. The van der Waals surface area contributed by atoms with Crippen LogP contribution in [0.2, 0.25) is 0 Å². The van der Waals surface area contributed by atoms with Gasteiger partial charge in [-0.3, -0.25) is 0 Å². The summed E-state index contributed by atoms with van der Waals surface area (Å²) < 4.78 is 20.6. The third kappa shape index (κ3) is 9.24. The maximum Gasteiger partial charge on any atom is 0.466 e. The third-order valence-corrected chi connectivity index (χ3v) is 3.02. The summed E-state index contributed by atoms with van der Waals surface area (Å²) in [6.45, 7) is 3.16. The molecule has 0 fully saturated rings. The molecule has 2 aromatic rings. The van der Waals surface area contributed by atoms with Crippen molar-refractivity contribution >= 4 is 7.82 Å². The predicted molar refractivity (Wildman–Crippen MR) is 95.4 cm³/mol. The van der Waals surface area contributed by atoms with Crippen molar-refractivity contribution in [1.29, 1.82) is 0 Å². The summed E-state index contributed by atoms with van der Waals surface area (Å²) in [6.07, 6.45) is 0.715. The van der Waals surface area contributed by atoms with Crippen molar-refractivity contribution in [3.8, 4) is 11.5 Å². The zero-order valence-corrected chi connectivity index (χ0v) is 14.9. The van der Waals surface area contributed by atoms with Crippen LogP contribution in [0.5, 0.6) is 11.5 Å². The Hall–Kier alpha value is -1.89. The zero-order chi connectivity index (χ0) is 18.7. The van der Waals surface area contributed by atoms with Gasteiger partial charge in [0.2, 0.25) is 0 Å². The summed E-state index contributed by atoms with van der Waals surface area (Å²) in [5, 5.41) is 0. The second-order valence-corrected chi connectivity index (χ2v) is 6.01. The van der Waals surface area contributed by atoms with Gasteiger partial charge in [0.05, 0.1) is 6.61 Å². The van der Waals surface area contributed by atoms with Crippen molar-refractivity contribution in [3.63, 3.8) is 0 Å². The van der Waals surface area contributed by atoms with Crippen molar-refractivity contribution in [2.45, 2.75) is 19.4 Å². The lowest BCUT2D eigenvalue weighted by Crippen LogP contribution is -2.13. The van der Waals surface area contributed by atoms with Crippen LogP contribution in [-0.2, 0) is 4.57 Å². The number of nitrogens with two attached hydrogens (primary N) is 1. The van der Waals surface area contributed by atoms with E-state index in [2.05, 4.69) is 12.1 Å². The van der Waals surface area contributed by atoms with E-state index in [1.807, 2.05) is 49.4 Å². The highest BCUT2D eigenvalue weighted by Crippen LogP contribution is 2.32. The lowest BCUT2D eigenvalue weighted by molar-refractivity contribution is 0.186. The number of phosphoric acid groups is 1. The average molecular weight is 369 g/mol. The molecular weight excluding hydrogens is 345 g/mol. The normalized spacial score (nSPS) is 11.9. The molecule has 0 aliphatic carbocycles. The topological polar surface area (TPSA) is 122 Å². The average Bonchev–Trinajstić information content (AvgIpc) is 2.56. The van der Waals surface area contributed by atoms with Crippen molar-refractivity contribution in [3.05, 3.63) is 60.2 Å². The highest BCUT2D eigenvalue weighted by Gasteiger charge is 2.14. The zero-order valence-electron chi connectivity index (χ0n) is 14.0. The van der Waals surface area contributed by atoms with Gasteiger partial charge in [-0.2, -0.15) is 0 Å². The van der Waals surface area contributed by atoms with Crippen molar-refractivity contribution in [1.82, 2.24) is 0 Å². The summed E-state index contributed by atoms with van der Waals surface area (Å²) in [4.78, 5) is 21.6. The second kappa shape index (κ2) is 10.9. The number of ether oxygens (including phenoxy) is 2. The number of para-hydroxylation sites is 2. The van der Waals surface area contributed by atoms with Crippen LogP contribution >= 0.6 is 7.82 Å². The highest BCUT2D eigenvalue weighted by molar-refractivity contribution is 7.45. The van der Waals surface area contributed by atoms with Gasteiger partial charge in [0.1, 0.15) is 6.10 Å². The van der Waals surface area contributed by atoms with Gasteiger partial charge in [0, 0.05) is 6.42 Å². The smallest absolute Gasteiger partial charge is 0.466 e. The van der Waals surface area contributed by atoms with Crippen LogP contribution in [0.1, 0.15) is 25.0 Å². The van der Waals surface area contributed by atoms with Gasteiger partial charge in [-0.05, 0) is 31.2 Å². The highest BCUT2D eigenvalue weighted by atomic mass is 31.2. The van der Waals surface area contributed by atoms with Gasteiger partial charge < -0.3 is 29.9 Å². The molecule has 1 atom stereocenters. The molecule has 0 heterocycles.